The molecule has 0 aromatic heterocycles. The third kappa shape index (κ3) is 6.52. The minimum Gasteiger partial charge on any atom is -0.314 e. The fraction of sp³-hybridized carbons (Fsp3) is 0.125. The van der Waals surface area contributed by atoms with Gasteiger partial charge in [-0.3, -0.25) is 0 Å². The third-order valence-corrected chi connectivity index (χ3v) is 10.0. The number of anilines is 2. The summed E-state index contributed by atoms with van der Waals surface area (Å²) in [6.45, 7) is 4.58. The van der Waals surface area contributed by atoms with Gasteiger partial charge in [-0.05, 0) is 113 Å². The molecule has 0 heterocycles. The van der Waals surface area contributed by atoms with E-state index in [1.807, 2.05) is 0 Å². The van der Waals surface area contributed by atoms with Crippen molar-refractivity contribution in [2.24, 2.45) is 0 Å². The maximum atomic E-state index is 4.58. The van der Waals surface area contributed by atoms with E-state index in [4.69, 9.17) is 0 Å². The summed E-state index contributed by atoms with van der Waals surface area (Å²) in [7, 11) is 0. The molecule has 0 fully saturated rings. The Morgan fingerprint density at radius 1 is 0.612 bits per heavy atom. The van der Waals surface area contributed by atoms with Gasteiger partial charge >= 0.3 is 0 Å². The Hall–Kier alpha value is -5.84. The molecule has 0 aliphatic heterocycles. The van der Waals surface area contributed by atoms with Crippen molar-refractivity contribution in [2.45, 2.75) is 38.0 Å². The van der Waals surface area contributed by atoms with Crippen molar-refractivity contribution in [3.63, 3.8) is 0 Å². The molecule has 2 aliphatic rings. The molecule has 0 bridgehead atoms. The lowest BCUT2D eigenvalue weighted by atomic mass is 9.82. The monoisotopic (exact) mass is 629 g/mol. The van der Waals surface area contributed by atoms with Gasteiger partial charge < -0.3 is 4.90 Å². The number of nitrogens with zero attached hydrogens (tertiary/aromatic N) is 1. The lowest BCUT2D eigenvalue weighted by Crippen LogP contribution is -2.18. The SMILES string of the molecule is C=C1CC(CCC(c2c#cc3ccccc3c2)c2ccccc2)=CC=C1C1=CC=C(N(c2ccccc2)c2ccc3ccccc3c2)CC1. The van der Waals surface area contributed by atoms with Crippen molar-refractivity contribution < 1.29 is 0 Å². The number of rotatable bonds is 9. The highest BCUT2D eigenvalue weighted by Gasteiger charge is 2.22. The zero-order valence-electron chi connectivity index (χ0n) is 27.8. The normalized spacial score (nSPS) is 15.1. The maximum Gasteiger partial charge on any atom is 0.0464 e. The number of hydrogen-bond donors (Lipinski definition) is 0. The van der Waals surface area contributed by atoms with Crippen LogP contribution in [0, 0.1) is 12.1 Å². The number of allylic oxidation sites excluding steroid dienone is 9. The van der Waals surface area contributed by atoms with Gasteiger partial charge in [-0.25, -0.2) is 0 Å². The maximum absolute atomic E-state index is 4.58. The first-order valence-electron chi connectivity index (χ1n) is 17.4. The summed E-state index contributed by atoms with van der Waals surface area (Å²) in [4.78, 5) is 2.41. The van der Waals surface area contributed by atoms with E-state index in [0.717, 1.165) is 37.5 Å². The van der Waals surface area contributed by atoms with Crippen molar-refractivity contribution in [3.8, 4) is 0 Å². The van der Waals surface area contributed by atoms with E-state index in [1.54, 1.807) is 0 Å². The molecule has 0 saturated heterocycles. The third-order valence-electron chi connectivity index (χ3n) is 10.0. The van der Waals surface area contributed by atoms with Gasteiger partial charge in [0, 0.05) is 33.9 Å². The van der Waals surface area contributed by atoms with Crippen LogP contribution < -0.4 is 4.90 Å². The summed E-state index contributed by atoms with van der Waals surface area (Å²) in [5, 5.41) is 4.85. The lowest BCUT2D eigenvalue weighted by Gasteiger charge is -2.31. The molecule has 0 saturated carbocycles. The molecule has 1 unspecified atom stereocenters. The smallest absolute Gasteiger partial charge is 0.0464 e. The van der Waals surface area contributed by atoms with Crippen LogP contribution in [0.15, 0.2) is 192 Å². The number of hydrogen-bond acceptors (Lipinski definition) is 1. The molecule has 6 aromatic rings. The Labute approximate surface area is 290 Å². The highest BCUT2D eigenvalue weighted by molar-refractivity contribution is 5.88. The van der Waals surface area contributed by atoms with Crippen molar-refractivity contribution in [1.29, 1.82) is 0 Å². The van der Waals surface area contributed by atoms with Crippen LogP contribution in [0.2, 0.25) is 0 Å². The van der Waals surface area contributed by atoms with Crippen LogP contribution in [-0.4, -0.2) is 0 Å². The molecular weight excluding hydrogens is 591 g/mol. The van der Waals surface area contributed by atoms with Gasteiger partial charge in [-0.2, -0.15) is 0 Å². The largest absolute Gasteiger partial charge is 0.314 e. The van der Waals surface area contributed by atoms with E-state index >= 15 is 0 Å². The first kappa shape index (κ1) is 30.5. The van der Waals surface area contributed by atoms with Crippen LogP contribution in [0.5, 0.6) is 0 Å². The predicted molar refractivity (Wildman–Crippen MR) is 207 cm³/mol. The summed E-state index contributed by atoms with van der Waals surface area (Å²) in [6, 6.07) is 54.6. The highest BCUT2D eigenvalue weighted by Crippen LogP contribution is 2.40. The minimum absolute atomic E-state index is 0.265. The quantitative estimate of drug-likeness (QED) is 0.154. The fourth-order valence-corrected chi connectivity index (χ4v) is 7.45. The number of fused-ring (bicyclic) bond motifs is 2. The van der Waals surface area contributed by atoms with E-state index < -0.39 is 0 Å². The molecule has 0 amide bonds. The summed E-state index contributed by atoms with van der Waals surface area (Å²) in [5.41, 5.74) is 11.6. The molecule has 1 heteroatoms. The molecule has 1 atom stereocenters. The minimum atomic E-state index is 0.265. The second-order valence-electron chi connectivity index (χ2n) is 13.2. The second-order valence-corrected chi connectivity index (χ2v) is 13.2. The fourth-order valence-electron chi connectivity index (χ4n) is 7.45. The van der Waals surface area contributed by atoms with Gasteiger partial charge in [0.05, 0.1) is 0 Å². The summed E-state index contributed by atoms with van der Waals surface area (Å²) < 4.78 is 0. The van der Waals surface area contributed by atoms with Gasteiger partial charge in [-0.15, -0.1) is 0 Å². The molecule has 0 radical (unpaired) electrons. The zero-order chi connectivity index (χ0) is 33.0. The Bertz CT molecular complexity index is 2270. The van der Waals surface area contributed by atoms with Crippen molar-refractivity contribution in [3.05, 3.63) is 216 Å². The second kappa shape index (κ2) is 13.7. The van der Waals surface area contributed by atoms with E-state index in [-0.39, 0.29) is 5.92 Å². The first-order chi connectivity index (χ1) is 24.2. The molecule has 49 heavy (non-hydrogen) atoms. The van der Waals surface area contributed by atoms with Gasteiger partial charge in [0.2, 0.25) is 0 Å². The average Bonchev–Trinajstić information content (AvgIpc) is 3.16. The molecule has 0 spiro atoms. The zero-order valence-corrected chi connectivity index (χ0v) is 27.8. The molecule has 0 N–H and O–H groups in total. The molecular formula is C48H39N. The Morgan fingerprint density at radius 3 is 2.12 bits per heavy atom. The molecule has 1 nitrogen and oxygen atoms in total. The van der Waals surface area contributed by atoms with Crippen molar-refractivity contribution in [1.82, 2.24) is 0 Å². The van der Waals surface area contributed by atoms with Crippen LogP contribution in [0.4, 0.5) is 11.4 Å². The molecule has 8 rings (SSSR count). The van der Waals surface area contributed by atoms with Gasteiger partial charge in [0.15, 0.2) is 0 Å². The average molecular weight is 630 g/mol. The Kier molecular flexibility index (Phi) is 8.54. The van der Waals surface area contributed by atoms with E-state index in [1.165, 1.54) is 66.6 Å². The van der Waals surface area contributed by atoms with Crippen LogP contribution in [-0.2, 0) is 0 Å². The van der Waals surface area contributed by atoms with E-state index in [2.05, 4.69) is 181 Å². The standard InChI is InChI=1S/C48H39N/c1-35-32-36(21-31-48(39-14-4-2-5-15-39)43-23-22-37-12-8-10-16-41(37)33-43)20-30-47(35)40-25-27-45(28-26-40)49(44-18-6-3-7-19-44)46-29-24-38-13-9-11-17-42(38)34-46/h2-20,24-25,27,29-30,33-34,48H,1,21,26,28,31-32H2. The van der Waals surface area contributed by atoms with Gasteiger partial charge in [0.1, 0.15) is 0 Å². The van der Waals surface area contributed by atoms with Crippen LogP contribution in [0.1, 0.15) is 49.1 Å². The summed E-state index contributed by atoms with van der Waals surface area (Å²) in [6.07, 6.45) is 14.2. The van der Waals surface area contributed by atoms with Gasteiger partial charge in [0.25, 0.3) is 0 Å². The van der Waals surface area contributed by atoms with E-state index in [9.17, 15) is 0 Å². The summed E-state index contributed by atoms with van der Waals surface area (Å²) in [5.74, 6) is 0.265. The van der Waals surface area contributed by atoms with Crippen LogP contribution in [0.25, 0.3) is 21.5 Å². The molecule has 236 valence electrons. The summed E-state index contributed by atoms with van der Waals surface area (Å²) >= 11 is 0. The molecule has 6 aromatic carbocycles. The van der Waals surface area contributed by atoms with Gasteiger partial charge in [-0.1, -0.05) is 140 Å². The Morgan fingerprint density at radius 2 is 1.35 bits per heavy atom. The lowest BCUT2D eigenvalue weighted by molar-refractivity contribution is 0.701. The number of para-hydroxylation sites is 1. The highest BCUT2D eigenvalue weighted by atomic mass is 15.1. The van der Waals surface area contributed by atoms with Crippen LogP contribution in [0.3, 0.4) is 0 Å². The Balaban J connectivity index is 1.03. The van der Waals surface area contributed by atoms with Crippen LogP contribution >= 0.6 is 0 Å². The first-order valence-corrected chi connectivity index (χ1v) is 17.4. The predicted octanol–water partition coefficient (Wildman–Crippen LogP) is 12.8. The van der Waals surface area contributed by atoms with Crippen molar-refractivity contribution in [2.75, 3.05) is 4.90 Å². The number of benzene rings is 5. The topological polar surface area (TPSA) is 3.24 Å². The van der Waals surface area contributed by atoms with E-state index in [0.29, 0.717) is 0 Å². The molecule has 2 aliphatic carbocycles. The van der Waals surface area contributed by atoms with Crippen molar-refractivity contribution >= 4 is 32.9 Å².